The molecule has 0 unspecified atom stereocenters. The number of hydrogen-bond donors (Lipinski definition) is 0. The highest BCUT2D eigenvalue weighted by Gasteiger charge is 1.82. The van der Waals surface area contributed by atoms with Crippen molar-refractivity contribution in [2.45, 2.75) is 0 Å². The molecule has 0 N–H and O–H groups in total. The summed E-state index contributed by atoms with van der Waals surface area (Å²) >= 11 is 0. The van der Waals surface area contributed by atoms with E-state index in [9.17, 15) is 0 Å². The molecular weight excluding hydrogens is 134 g/mol. The number of pyridine rings is 1. The first-order valence-corrected chi connectivity index (χ1v) is 3.50. The fourth-order valence-electron chi connectivity index (χ4n) is 1.02. The summed E-state index contributed by atoms with van der Waals surface area (Å²) in [5.74, 6) is 0. The third-order valence-electron chi connectivity index (χ3n) is 1.57. The van der Waals surface area contributed by atoms with Gasteiger partial charge in [-0.1, -0.05) is 18.2 Å². The van der Waals surface area contributed by atoms with Gasteiger partial charge in [0.2, 0.25) is 0 Å². The van der Waals surface area contributed by atoms with Crippen molar-refractivity contribution < 1.29 is 0 Å². The maximum Gasteiger partial charge on any atom is 0.0352 e. The molecule has 1 heterocycles. The van der Waals surface area contributed by atoms with E-state index in [0.717, 1.165) is 10.4 Å². The molecule has 0 amide bonds. The van der Waals surface area contributed by atoms with Gasteiger partial charge < -0.3 is 0 Å². The summed E-state index contributed by atoms with van der Waals surface area (Å²) in [6.45, 7) is 0. The van der Waals surface area contributed by atoms with Crippen LogP contribution < -0.4 is 10.4 Å². The summed E-state index contributed by atoms with van der Waals surface area (Å²) in [5.41, 5.74) is 3.14. The average Bonchev–Trinajstić information content (AvgIpc) is 2.28. The first-order chi connectivity index (χ1) is 5.47. The van der Waals surface area contributed by atoms with Crippen LogP contribution in [0.3, 0.4) is 0 Å². The lowest BCUT2D eigenvalue weighted by atomic mass is 10.3. The molecule has 0 saturated heterocycles. The molecule has 0 aromatic carbocycles. The summed E-state index contributed by atoms with van der Waals surface area (Å²) in [6, 6.07) is 1.95. The van der Waals surface area contributed by atoms with Crippen LogP contribution in [0.2, 0.25) is 0 Å². The van der Waals surface area contributed by atoms with Gasteiger partial charge in [0.15, 0.2) is 0 Å². The molecule has 1 aliphatic carbocycles. The lowest BCUT2D eigenvalue weighted by Gasteiger charge is -1.82. The van der Waals surface area contributed by atoms with Crippen molar-refractivity contribution in [3.05, 3.63) is 47.1 Å². The normalized spacial score (nSPS) is 12.7. The monoisotopic (exact) mass is 141 g/mol. The third kappa shape index (κ3) is 1.14. The van der Waals surface area contributed by atoms with E-state index in [4.69, 9.17) is 0 Å². The van der Waals surface area contributed by atoms with Crippen LogP contribution in [-0.4, -0.2) is 4.98 Å². The van der Waals surface area contributed by atoms with Crippen LogP contribution in [0.4, 0.5) is 0 Å². The van der Waals surface area contributed by atoms with E-state index >= 15 is 0 Å². The standard InChI is InChI=1S/C10H7N/c1-2-4-9-6-7-11-8-10(9)5-3-1/h1-3,5-8H. The predicted molar refractivity (Wildman–Crippen MR) is 45.1 cm³/mol. The molecule has 11 heavy (non-hydrogen) atoms. The Morgan fingerprint density at radius 1 is 1.27 bits per heavy atom. The minimum atomic E-state index is 1.10. The Kier molecular flexibility index (Phi) is 1.43. The van der Waals surface area contributed by atoms with E-state index < -0.39 is 0 Å². The first-order valence-electron chi connectivity index (χ1n) is 3.50. The van der Waals surface area contributed by atoms with Crippen molar-refractivity contribution in [1.29, 1.82) is 0 Å². The van der Waals surface area contributed by atoms with Gasteiger partial charge in [0.05, 0.1) is 0 Å². The van der Waals surface area contributed by atoms with Crippen LogP contribution in [-0.2, 0) is 0 Å². The molecule has 1 aromatic rings. The van der Waals surface area contributed by atoms with E-state index in [1.807, 2.05) is 36.6 Å². The van der Waals surface area contributed by atoms with Gasteiger partial charge in [-0.2, -0.15) is 0 Å². The SMILES string of the molecule is C1=CC=CC=c2cnccc2=1. The fraction of sp³-hybridized carbons (Fsp3) is 0. The van der Waals surface area contributed by atoms with Crippen LogP contribution in [0.25, 0.3) is 11.8 Å². The van der Waals surface area contributed by atoms with Gasteiger partial charge >= 0.3 is 0 Å². The van der Waals surface area contributed by atoms with Crippen molar-refractivity contribution in [3.8, 4) is 0 Å². The van der Waals surface area contributed by atoms with E-state index in [2.05, 4.69) is 10.7 Å². The van der Waals surface area contributed by atoms with Crippen molar-refractivity contribution in [1.82, 2.24) is 4.98 Å². The summed E-state index contributed by atoms with van der Waals surface area (Å²) in [7, 11) is 0. The second kappa shape index (κ2) is 2.57. The molecule has 0 radical (unpaired) electrons. The van der Waals surface area contributed by atoms with Crippen LogP contribution >= 0.6 is 0 Å². The maximum atomic E-state index is 4.02. The van der Waals surface area contributed by atoms with Gasteiger partial charge in [-0.25, -0.2) is 0 Å². The summed E-state index contributed by atoms with van der Waals surface area (Å²) < 4.78 is 0. The van der Waals surface area contributed by atoms with Gasteiger partial charge in [-0.05, 0) is 12.1 Å². The second-order valence-electron chi connectivity index (χ2n) is 2.33. The third-order valence-corrected chi connectivity index (χ3v) is 1.57. The molecule has 0 saturated carbocycles. The van der Waals surface area contributed by atoms with Crippen LogP contribution in [0.5, 0.6) is 0 Å². The van der Waals surface area contributed by atoms with Crippen LogP contribution in [0.1, 0.15) is 0 Å². The molecule has 2 rings (SSSR count). The number of rotatable bonds is 0. The largest absolute Gasteiger partial charge is 0.264 e. The zero-order valence-corrected chi connectivity index (χ0v) is 5.99. The molecule has 1 aromatic heterocycles. The van der Waals surface area contributed by atoms with Crippen molar-refractivity contribution in [2.24, 2.45) is 0 Å². The molecule has 0 spiro atoms. The molecule has 0 bridgehead atoms. The van der Waals surface area contributed by atoms with Gasteiger partial charge in [0, 0.05) is 22.8 Å². The predicted octanol–water partition coefficient (Wildman–Crippen LogP) is 0.368. The average molecular weight is 141 g/mol. The van der Waals surface area contributed by atoms with Gasteiger partial charge in [-0.15, -0.1) is 5.73 Å². The van der Waals surface area contributed by atoms with E-state index in [1.54, 1.807) is 6.20 Å². The second-order valence-corrected chi connectivity index (χ2v) is 2.33. The summed E-state index contributed by atoms with van der Waals surface area (Å²) in [6.07, 6.45) is 11.5. The van der Waals surface area contributed by atoms with Crippen LogP contribution in [0.15, 0.2) is 36.7 Å². The Morgan fingerprint density at radius 2 is 2.27 bits per heavy atom. The lowest BCUT2D eigenvalue weighted by molar-refractivity contribution is 1.28. The van der Waals surface area contributed by atoms with Crippen molar-refractivity contribution >= 4 is 11.8 Å². The fourth-order valence-corrected chi connectivity index (χ4v) is 1.02. The van der Waals surface area contributed by atoms with Gasteiger partial charge in [0.1, 0.15) is 0 Å². The highest BCUT2D eigenvalue weighted by molar-refractivity contribution is 5.43. The first kappa shape index (κ1) is 6.14. The number of fused-ring (bicyclic) bond motifs is 1. The highest BCUT2D eigenvalue weighted by Crippen LogP contribution is 1.78. The lowest BCUT2D eigenvalue weighted by Crippen LogP contribution is -2.22. The molecule has 0 fully saturated rings. The smallest absolute Gasteiger partial charge is 0.0352 e. The van der Waals surface area contributed by atoms with Gasteiger partial charge in [-0.3, -0.25) is 4.98 Å². The highest BCUT2D eigenvalue weighted by atomic mass is 14.6. The van der Waals surface area contributed by atoms with Crippen molar-refractivity contribution in [3.63, 3.8) is 0 Å². The zero-order valence-electron chi connectivity index (χ0n) is 5.99. The Hall–Kier alpha value is -1.59. The molecule has 52 valence electrons. The Morgan fingerprint density at radius 3 is 3.27 bits per heavy atom. The number of hydrogen-bond acceptors (Lipinski definition) is 1. The minimum absolute atomic E-state index is 1.10. The van der Waals surface area contributed by atoms with E-state index in [-0.39, 0.29) is 0 Å². The molecule has 1 nitrogen and oxygen atoms in total. The maximum absolute atomic E-state index is 4.02. The minimum Gasteiger partial charge on any atom is -0.264 e. The van der Waals surface area contributed by atoms with E-state index in [1.165, 1.54) is 0 Å². The molecule has 1 heteroatoms. The zero-order chi connectivity index (χ0) is 7.52. The molecule has 1 aliphatic rings. The van der Waals surface area contributed by atoms with Gasteiger partial charge in [0.25, 0.3) is 0 Å². The molecule has 0 atom stereocenters. The molecular formula is C10H7N. The Bertz CT molecular complexity index is 434. The number of allylic oxidation sites excluding steroid dienone is 3. The van der Waals surface area contributed by atoms with Crippen molar-refractivity contribution in [2.75, 3.05) is 0 Å². The topological polar surface area (TPSA) is 12.9 Å². The Balaban J connectivity index is 2.99. The van der Waals surface area contributed by atoms with Crippen LogP contribution in [0, 0.1) is 0 Å². The van der Waals surface area contributed by atoms with E-state index in [0.29, 0.717) is 0 Å². The number of aromatic nitrogens is 1. The summed E-state index contributed by atoms with van der Waals surface area (Å²) in [4.78, 5) is 4.02. The quantitative estimate of drug-likeness (QED) is 0.508. The summed E-state index contributed by atoms with van der Waals surface area (Å²) in [5, 5.41) is 2.22. The number of nitrogens with zero attached hydrogens (tertiary/aromatic N) is 1. The Labute approximate surface area is 64.7 Å². The molecule has 0 aliphatic heterocycles.